The first-order valence-electron chi connectivity index (χ1n) is 11.2. The number of hydrogen-bond donors (Lipinski definition) is 0. The molecule has 4 aromatic rings. The Bertz CT molecular complexity index is 1200. The predicted molar refractivity (Wildman–Crippen MR) is 135 cm³/mol. The van der Waals surface area contributed by atoms with Crippen LogP contribution in [0.4, 0.5) is 5.82 Å². The van der Waals surface area contributed by atoms with Crippen LogP contribution in [0.1, 0.15) is 28.8 Å². The Morgan fingerprint density at radius 2 is 1.69 bits per heavy atom. The number of hydrogen-bond acceptors (Lipinski definition) is 5. The van der Waals surface area contributed by atoms with Crippen molar-refractivity contribution in [1.82, 2.24) is 14.9 Å². The lowest BCUT2D eigenvalue weighted by atomic mass is 10.1. The molecule has 6 heteroatoms. The minimum absolute atomic E-state index is 0.760. The van der Waals surface area contributed by atoms with Gasteiger partial charge in [0, 0.05) is 49.0 Å². The fourth-order valence-electron chi connectivity index (χ4n) is 4.26. The van der Waals surface area contributed by atoms with Crippen molar-refractivity contribution >= 4 is 39.0 Å². The van der Waals surface area contributed by atoms with Gasteiger partial charge in [-0.05, 0) is 29.7 Å². The summed E-state index contributed by atoms with van der Waals surface area (Å²) in [5, 5.41) is 2.05. The van der Waals surface area contributed by atoms with Gasteiger partial charge >= 0.3 is 0 Å². The molecule has 0 spiro atoms. The van der Waals surface area contributed by atoms with Crippen molar-refractivity contribution in [3.8, 4) is 0 Å². The monoisotopic (exact) mass is 462 g/mol. The lowest BCUT2D eigenvalue weighted by molar-refractivity contribution is 0.249. The zero-order chi connectivity index (χ0) is 21.9. The van der Waals surface area contributed by atoms with E-state index in [0.29, 0.717) is 0 Å². The van der Waals surface area contributed by atoms with Crippen LogP contribution in [0.25, 0.3) is 10.2 Å². The van der Waals surface area contributed by atoms with Crippen LogP contribution < -0.4 is 4.90 Å². The van der Waals surface area contributed by atoms with E-state index in [1.165, 1.54) is 21.4 Å². The molecule has 0 amide bonds. The van der Waals surface area contributed by atoms with Crippen molar-refractivity contribution < 1.29 is 0 Å². The summed E-state index contributed by atoms with van der Waals surface area (Å²) < 4.78 is 0. The average Bonchev–Trinajstić information content (AvgIpc) is 3.25. The van der Waals surface area contributed by atoms with Gasteiger partial charge in [0.05, 0.1) is 5.39 Å². The van der Waals surface area contributed by atoms with Gasteiger partial charge in [-0.2, -0.15) is 0 Å². The van der Waals surface area contributed by atoms with E-state index in [1.807, 2.05) is 18.2 Å². The maximum Gasteiger partial charge on any atom is 0.141 e. The highest BCUT2D eigenvalue weighted by molar-refractivity contribution is 7.18. The molecule has 0 aliphatic carbocycles. The topological polar surface area (TPSA) is 32.3 Å². The van der Waals surface area contributed by atoms with Gasteiger partial charge < -0.3 is 4.90 Å². The summed E-state index contributed by atoms with van der Waals surface area (Å²) in [5.41, 5.74) is 2.44. The van der Waals surface area contributed by atoms with Gasteiger partial charge in [-0.15, -0.1) is 11.3 Å². The number of rotatable bonds is 6. The van der Waals surface area contributed by atoms with E-state index in [4.69, 9.17) is 21.6 Å². The van der Waals surface area contributed by atoms with Crippen LogP contribution >= 0.6 is 22.9 Å². The third-order valence-corrected chi connectivity index (χ3v) is 7.59. The number of piperazine rings is 1. The minimum atomic E-state index is 0.760. The van der Waals surface area contributed by atoms with Crippen LogP contribution in [0.5, 0.6) is 0 Å². The minimum Gasteiger partial charge on any atom is -0.353 e. The number of halogens is 1. The average molecular weight is 463 g/mol. The highest BCUT2D eigenvalue weighted by Gasteiger charge is 2.22. The highest BCUT2D eigenvalue weighted by Crippen LogP contribution is 2.32. The molecule has 1 aliphatic heterocycles. The molecule has 32 heavy (non-hydrogen) atoms. The Morgan fingerprint density at radius 1 is 0.938 bits per heavy atom. The fourth-order valence-corrected chi connectivity index (χ4v) is 5.43. The van der Waals surface area contributed by atoms with Crippen LogP contribution in [0, 0.1) is 0 Å². The van der Waals surface area contributed by atoms with Crippen molar-refractivity contribution in [2.45, 2.75) is 26.3 Å². The molecule has 0 radical (unpaired) electrons. The van der Waals surface area contributed by atoms with E-state index < -0.39 is 0 Å². The van der Waals surface area contributed by atoms with Crippen molar-refractivity contribution in [3.63, 3.8) is 0 Å². The third kappa shape index (κ3) is 4.65. The second-order valence-electron chi connectivity index (χ2n) is 8.27. The Kier molecular flexibility index (Phi) is 6.39. The third-order valence-electron chi connectivity index (χ3n) is 6.05. The molecule has 0 N–H and O–H groups in total. The SMILES string of the molecule is CCc1cc2c(N3CCN(Cc4ccccc4Cl)CC3)nc(Cc3ccccc3)nc2s1. The van der Waals surface area contributed by atoms with Gasteiger partial charge in [-0.1, -0.05) is 67.1 Å². The van der Waals surface area contributed by atoms with Gasteiger partial charge in [0.25, 0.3) is 0 Å². The van der Waals surface area contributed by atoms with Crippen molar-refractivity contribution in [1.29, 1.82) is 0 Å². The Labute approximate surface area is 198 Å². The van der Waals surface area contributed by atoms with Gasteiger partial charge in [-0.3, -0.25) is 4.90 Å². The van der Waals surface area contributed by atoms with E-state index in [2.05, 4.69) is 59.2 Å². The molecule has 0 bridgehead atoms. The summed E-state index contributed by atoms with van der Waals surface area (Å²) in [7, 11) is 0. The highest BCUT2D eigenvalue weighted by atomic mass is 35.5. The van der Waals surface area contributed by atoms with Crippen LogP contribution in [0.2, 0.25) is 5.02 Å². The van der Waals surface area contributed by atoms with E-state index in [9.17, 15) is 0 Å². The summed E-state index contributed by atoms with van der Waals surface area (Å²) in [4.78, 5) is 17.4. The number of aromatic nitrogens is 2. The number of benzene rings is 2. The first kappa shape index (κ1) is 21.4. The first-order valence-corrected chi connectivity index (χ1v) is 12.4. The second-order valence-corrected chi connectivity index (χ2v) is 9.79. The molecule has 0 unspecified atom stereocenters. The van der Waals surface area contributed by atoms with Crippen LogP contribution in [0.3, 0.4) is 0 Å². The maximum absolute atomic E-state index is 6.38. The smallest absolute Gasteiger partial charge is 0.141 e. The fraction of sp³-hybridized carbons (Fsp3) is 0.308. The van der Waals surface area contributed by atoms with E-state index in [-0.39, 0.29) is 0 Å². The van der Waals surface area contributed by atoms with E-state index in [1.54, 1.807) is 11.3 Å². The maximum atomic E-state index is 6.38. The summed E-state index contributed by atoms with van der Waals surface area (Å²) in [6, 6.07) is 20.9. The lowest BCUT2D eigenvalue weighted by Crippen LogP contribution is -2.46. The van der Waals surface area contributed by atoms with Crippen molar-refractivity contribution in [3.05, 3.63) is 87.5 Å². The summed E-state index contributed by atoms with van der Waals surface area (Å²) in [6.07, 6.45) is 1.79. The zero-order valence-corrected chi connectivity index (χ0v) is 19.9. The quantitative estimate of drug-likeness (QED) is 0.361. The van der Waals surface area contributed by atoms with Crippen molar-refractivity contribution in [2.75, 3.05) is 31.1 Å². The van der Waals surface area contributed by atoms with Crippen LogP contribution in [-0.2, 0) is 19.4 Å². The van der Waals surface area contributed by atoms with Gasteiger partial charge in [0.15, 0.2) is 0 Å². The predicted octanol–water partition coefficient (Wildman–Crippen LogP) is 5.82. The molecule has 2 aromatic carbocycles. The molecule has 164 valence electrons. The summed E-state index contributed by atoms with van der Waals surface area (Å²) >= 11 is 8.18. The molecule has 1 fully saturated rings. The first-order chi connectivity index (χ1) is 15.7. The number of anilines is 1. The molecular weight excluding hydrogens is 436 g/mol. The Balaban J connectivity index is 1.38. The lowest BCUT2D eigenvalue weighted by Gasteiger charge is -2.36. The van der Waals surface area contributed by atoms with Crippen LogP contribution in [-0.4, -0.2) is 41.0 Å². The second kappa shape index (κ2) is 9.57. The molecule has 0 saturated carbocycles. The molecule has 1 saturated heterocycles. The largest absolute Gasteiger partial charge is 0.353 e. The van der Waals surface area contributed by atoms with Gasteiger partial charge in [0.2, 0.25) is 0 Å². The standard InChI is InChI=1S/C26H27ClN4S/c1-2-21-17-22-25(28-24(29-26(22)32-21)16-19-8-4-3-5-9-19)31-14-12-30(13-15-31)18-20-10-6-7-11-23(20)27/h3-11,17H,2,12-16,18H2,1H3. The number of nitrogens with zero attached hydrogens (tertiary/aromatic N) is 4. The number of fused-ring (bicyclic) bond motifs is 1. The zero-order valence-electron chi connectivity index (χ0n) is 18.3. The molecular formula is C26H27ClN4S. The van der Waals surface area contributed by atoms with Crippen molar-refractivity contribution in [2.24, 2.45) is 0 Å². The van der Waals surface area contributed by atoms with Gasteiger partial charge in [-0.25, -0.2) is 9.97 Å². The molecule has 0 atom stereocenters. The molecule has 2 aromatic heterocycles. The van der Waals surface area contributed by atoms with E-state index in [0.717, 1.165) is 67.1 Å². The summed E-state index contributed by atoms with van der Waals surface area (Å²) in [6.45, 7) is 7.00. The molecule has 4 nitrogen and oxygen atoms in total. The molecule has 3 heterocycles. The Hall–Kier alpha value is -2.47. The summed E-state index contributed by atoms with van der Waals surface area (Å²) in [5.74, 6) is 2.00. The van der Waals surface area contributed by atoms with Crippen LogP contribution in [0.15, 0.2) is 60.7 Å². The molecule has 5 rings (SSSR count). The normalized spacial score (nSPS) is 14.9. The van der Waals surface area contributed by atoms with E-state index >= 15 is 0 Å². The Morgan fingerprint density at radius 3 is 2.44 bits per heavy atom. The molecule has 1 aliphatic rings. The van der Waals surface area contributed by atoms with Gasteiger partial charge in [0.1, 0.15) is 16.5 Å². The number of thiophene rings is 1. The number of aryl methyl sites for hydroxylation is 1.